The van der Waals surface area contributed by atoms with Crippen LogP contribution in [0.3, 0.4) is 0 Å². The summed E-state index contributed by atoms with van der Waals surface area (Å²) in [5, 5.41) is 3.61. The maximum atomic E-state index is 12.6. The minimum absolute atomic E-state index is 0.105. The Morgan fingerprint density at radius 1 is 1.07 bits per heavy atom. The van der Waals surface area contributed by atoms with Crippen LogP contribution in [-0.2, 0) is 4.74 Å². The minimum Gasteiger partial charge on any atom is -0.378 e. The number of carbonyl (C=O) groups excluding carboxylic acids is 1. The quantitative estimate of drug-likeness (QED) is 0.829. The van der Waals surface area contributed by atoms with Gasteiger partial charge in [-0.2, -0.15) is 4.98 Å². The van der Waals surface area contributed by atoms with E-state index in [-0.39, 0.29) is 6.03 Å². The summed E-state index contributed by atoms with van der Waals surface area (Å²) >= 11 is 6.14. The van der Waals surface area contributed by atoms with Crippen LogP contribution in [0, 0.1) is 6.92 Å². The smallest absolute Gasteiger partial charge is 0.321 e. The molecule has 0 bridgehead atoms. The van der Waals surface area contributed by atoms with E-state index >= 15 is 0 Å². The number of ether oxygens (including phenoxy) is 1. The summed E-state index contributed by atoms with van der Waals surface area (Å²) in [6.45, 7) is 7.62. The van der Waals surface area contributed by atoms with Crippen molar-refractivity contribution in [2.75, 3.05) is 67.6 Å². The van der Waals surface area contributed by atoms with Crippen molar-refractivity contribution in [2.24, 2.45) is 0 Å². The Morgan fingerprint density at radius 2 is 1.83 bits per heavy atom. The molecule has 0 radical (unpaired) electrons. The van der Waals surface area contributed by atoms with Gasteiger partial charge in [0, 0.05) is 56.2 Å². The molecule has 1 N–H and O–H groups in total. The Labute approximate surface area is 175 Å². The number of nitrogens with zero attached hydrogens (tertiary/aromatic N) is 5. The van der Waals surface area contributed by atoms with Gasteiger partial charge in [0.25, 0.3) is 0 Å². The van der Waals surface area contributed by atoms with Crippen LogP contribution in [0.5, 0.6) is 0 Å². The number of piperazine rings is 1. The number of amides is 2. The van der Waals surface area contributed by atoms with Gasteiger partial charge in [0.1, 0.15) is 5.82 Å². The van der Waals surface area contributed by atoms with Gasteiger partial charge in [-0.1, -0.05) is 17.7 Å². The van der Waals surface area contributed by atoms with Gasteiger partial charge >= 0.3 is 6.03 Å². The van der Waals surface area contributed by atoms with E-state index in [0.29, 0.717) is 31.3 Å². The average Bonchev–Trinajstić information content (AvgIpc) is 2.78. The van der Waals surface area contributed by atoms with E-state index in [1.54, 1.807) is 6.20 Å². The molecule has 2 aliphatic rings. The normalized spacial score (nSPS) is 17.4. The van der Waals surface area contributed by atoms with E-state index in [4.69, 9.17) is 21.3 Å². The zero-order chi connectivity index (χ0) is 20.2. The zero-order valence-corrected chi connectivity index (χ0v) is 17.2. The predicted octanol–water partition coefficient (Wildman–Crippen LogP) is 2.63. The van der Waals surface area contributed by atoms with E-state index in [1.807, 2.05) is 36.1 Å². The molecule has 0 unspecified atom stereocenters. The van der Waals surface area contributed by atoms with Crippen molar-refractivity contribution in [1.82, 2.24) is 14.9 Å². The number of hydrogen-bond acceptors (Lipinski definition) is 6. The lowest BCUT2D eigenvalue weighted by Gasteiger charge is -2.36. The SMILES string of the molecule is Cc1c(Cl)cccc1NC(=O)N1CCN(c2ccnc(N3CCOCC3)n2)CC1. The van der Waals surface area contributed by atoms with Crippen molar-refractivity contribution in [1.29, 1.82) is 0 Å². The third-order valence-corrected chi connectivity index (χ3v) is 5.73. The Balaban J connectivity index is 1.35. The van der Waals surface area contributed by atoms with Crippen molar-refractivity contribution in [3.05, 3.63) is 41.0 Å². The summed E-state index contributed by atoms with van der Waals surface area (Å²) in [6.07, 6.45) is 1.80. The molecular formula is C20H25ClN6O2. The maximum absolute atomic E-state index is 12.6. The standard InChI is InChI=1S/C20H25ClN6O2/c1-15-16(21)3-2-4-17(15)23-20(28)27-9-7-25(8-10-27)18-5-6-22-19(24-18)26-11-13-29-14-12-26/h2-6H,7-14H2,1H3,(H,23,28). The third-order valence-electron chi connectivity index (χ3n) is 5.32. The molecule has 9 heteroatoms. The summed E-state index contributed by atoms with van der Waals surface area (Å²) < 4.78 is 5.40. The average molecular weight is 417 g/mol. The molecular weight excluding hydrogens is 392 g/mol. The second kappa shape index (κ2) is 8.84. The molecule has 2 saturated heterocycles. The lowest BCUT2D eigenvalue weighted by atomic mass is 10.2. The Kier molecular flexibility index (Phi) is 6.01. The Morgan fingerprint density at radius 3 is 2.59 bits per heavy atom. The van der Waals surface area contributed by atoms with Crippen LogP contribution in [-0.4, -0.2) is 73.4 Å². The number of rotatable bonds is 3. The second-order valence-corrected chi connectivity index (χ2v) is 7.54. The molecule has 8 nitrogen and oxygen atoms in total. The van der Waals surface area contributed by atoms with Gasteiger partial charge in [0.05, 0.1) is 13.2 Å². The lowest BCUT2D eigenvalue weighted by Crippen LogP contribution is -2.50. The molecule has 29 heavy (non-hydrogen) atoms. The maximum Gasteiger partial charge on any atom is 0.321 e. The largest absolute Gasteiger partial charge is 0.378 e. The molecule has 3 heterocycles. The van der Waals surface area contributed by atoms with Crippen LogP contribution >= 0.6 is 11.6 Å². The van der Waals surface area contributed by atoms with Gasteiger partial charge in [-0.05, 0) is 30.7 Å². The summed E-state index contributed by atoms with van der Waals surface area (Å²) in [4.78, 5) is 27.9. The first-order chi connectivity index (χ1) is 14.1. The van der Waals surface area contributed by atoms with Crippen molar-refractivity contribution in [3.63, 3.8) is 0 Å². The molecule has 2 amide bonds. The highest BCUT2D eigenvalue weighted by Crippen LogP contribution is 2.24. The molecule has 0 atom stereocenters. The molecule has 154 valence electrons. The molecule has 4 rings (SSSR count). The first kappa shape index (κ1) is 19.7. The highest BCUT2D eigenvalue weighted by atomic mass is 35.5. The van der Waals surface area contributed by atoms with Gasteiger partial charge in [-0.15, -0.1) is 0 Å². The molecule has 2 fully saturated rings. The van der Waals surface area contributed by atoms with Crippen molar-refractivity contribution < 1.29 is 9.53 Å². The van der Waals surface area contributed by atoms with E-state index in [9.17, 15) is 4.79 Å². The topological polar surface area (TPSA) is 73.8 Å². The summed E-state index contributed by atoms with van der Waals surface area (Å²) in [5.41, 5.74) is 1.62. The van der Waals surface area contributed by atoms with Crippen LogP contribution in [0.1, 0.15) is 5.56 Å². The van der Waals surface area contributed by atoms with Gasteiger partial charge in [-0.3, -0.25) is 0 Å². The molecule has 0 spiro atoms. The monoisotopic (exact) mass is 416 g/mol. The van der Waals surface area contributed by atoms with Crippen molar-refractivity contribution in [3.8, 4) is 0 Å². The van der Waals surface area contributed by atoms with E-state index in [2.05, 4.69) is 20.1 Å². The number of hydrogen-bond donors (Lipinski definition) is 1. The van der Waals surface area contributed by atoms with E-state index in [0.717, 1.165) is 49.2 Å². The molecule has 0 aliphatic carbocycles. The lowest BCUT2D eigenvalue weighted by molar-refractivity contribution is 0.122. The number of anilines is 3. The number of nitrogens with one attached hydrogen (secondary N) is 1. The van der Waals surface area contributed by atoms with Gasteiger partial charge in [-0.25, -0.2) is 9.78 Å². The fraction of sp³-hybridized carbons (Fsp3) is 0.450. The molecule has 2 aromatic rings. The fourth-order valence-electron chi connectivity index (χ4n) is 3.51. The molecule has 1 aromatic carbocycles. The van der Waals surface area contributed by atoms with Crippen LogP contribution in [0.4, 0.5) is 22.2 Å². The number of aromatic nitrogens is 2. The van der Waals surface area contributed by atoms with Crippen molar-refractivity contribution in [2.45, 2.75) is 6.92 Å². The summed E-state index contributed by atoms with van der Waals surface area (Å²) in [7, 11) is 0. The summed E-state index contributed by atoms with van der Waals surface area (Å²) in [5.74, 6) is 1.63. The van der Waals surface area contributed by atoms with E-state index in [1.165, 1.54) is 0 Å². The molecule has 2 aliphatic heterocycles. The van der Waals surface area contributed by atoms with E-state index < -0.39 is 0 Å². The number of carbonyl (C=O) groups is 1. The van der Waals surface area contributed by atoms with Crippen LogP contribution in [0.2, 0.25) is 5.02 Å². The highest BCUT2D eigenvalue weighted by molar-refractivity contribution is 6.31. The Hall–Kier alpha value is -2.58. The van der Waals surface area contributed by atoms with Crippen LogP contribution in [0.15, 0.2) is 30.5 Å². The minimum atomic E-state index is -0.105. The predicted molar refractivity (Wildman–Crippen MR) is 114 cm³/mol. The summed E-state index contributed by atoms with van der Waals surface area (Å²) in [6, 6.07) is 7.34. The zero-order valence-electron chi connectivity index (χ0n) is 16.5. The van der Waals surface area contributed by atoms with Gasteiger partial charge in [0.2, 0.25) is 5.95 Å². The first-order valence-electron chi connectivity index (χ1n) is 9.83. The fourth-order valence-corrected chi connectivity index (χ4v) is 3.68. The molecule has 0 saturated carbocycles. The number of morpholine rings is 1. The Bertz CT molecular complexity index is 866. The third kappa shape index (κ3) is 4.54. The van der Waals surface area contributed by atoms with Gasteiger partial charge in [0.15, 0.2) is 0 Å². The van der Waals surface area contributed by atoms with Crippen LogP contribution in [0.25, 0.3) is 0 Å². The van der Waals surface area contributed by atoms with Gasteiger partial charge < -0.3 is 24.8 Å². The molecule has 1 aromatic heterocycles. The highest BCUT2D eigenvalue weighted by Gasteiger charge is 2.23. The number of benzene rings is 1. The van der Waals surface area contributed by atoms with Crippen LogP contribution < -0.4 is 15.1 Å². The number of halogens is 1. The number of urea groups is 1. The second-order valence-electron chi connectivity index (χ2n) is 7.13. The van der Waals surface area contributed by atoms with Crippen molar-refractivity contribution >= 4 is 35.1 Å². The first-order valence-corrected chi connectivity index (χ1v) is 10.2.